The van der Waals surface area contributed by atoms with Gasteiger partial charge in [-0.1, -0.05) is 47.7 Å². The average molecular weight is 432 g/mol. The van der Waals surface area contributed by atoms with Crippen LogP contribution in [0.15, 0.2) is 64.3 Å². The quantitative estimate of drug-likeness (QED) is 0.261. The number of ether oxygens (including phenoxy) is 1. The lowest BCUT2D eigenvalue weighted by Crippen LogP contribution is -2.19. The van der Waals surface area contributed by atoms with Gasteiger partial charge in [-0.05, 0) is 28.0 Å². The SMILES string of the molecule is COC(=O)c1ccc(/C=N/NC(=O)c2nnn(-c3nonc3N)c2-c2ccccc2)cc1. The van der Waals surface area contributed by atoms with E-state index in [-0.39, 0.29) is 17.3 Å². The molecule has 0 bridgehead atoms. The molecule has 0 unspecified atom stereocenters. The van der Waals surface area contributed by atoms with Crippen LogP contribution in [0.3, 0.4) is 0 Å². The lowest BCUT2D eigenvalue weighted by atomic mass is 10.1. The Labute approximate surface area is 180 Å². The molecule has 0 saturated carbocycles. The monoisotopic (exact) mass is 432 g/mol. The van der Waals surface area contributed by atoms with Gasteiger partial charge >= 0.3 is 5.97 Å². The number of carbonyl (C=O) groups is 2. The van der Waals surface area contributed by atoms with Gasteiger partial charge in [-0.15, -0.1) is 5.10 Å². The highest BCUT2D eigenvalue weighted by atomic mass is 16.6. The van der Waals surface area contributed by atoms with E-state index < -0.39 is 11.9 Å². The summed E-state index contributed by atoms with van der Waals surface area (Å²) in [7, 11) is 1.31. The minimum Gasteiger partial charge on any atom is -0.465 e. The Morgan fingerprint density at radius 3 is 2.53 bits per heavy atom. The molecule has 2 heterocycles. The highest BCUT2D eigenvalue weighted by molar-refractivity contribution is 5.99. The summed E-state index contributed by atoms with van der Waals surface area (Å²) in [5.74, 6) is -0.953. The summed E-state index contributed by atoms with van der Waals surface area (Å²) in [5, 5.41) is 19.2. The van der Waals surface area contributed by atoms with Crippen molar-refractivity contribution in [3.05, 3.63) is 71.4 Å². The van der Waals surface area contributed by atoms with E-state index in [0.717, 1.165) is 0 Å². The van der Waals surface area contributed by atoms with Crippen molar-refractivity contribution in [1.82, 2.24) is 30.7 Å². The molecule has 0 saturated heterocycles. The summed E-state index contributed by atoms with van der Waals surface area (Å²) in [6, 6.07) is 15.5. The number of nitrogen functional groups attached to an aromatic ring is 1. The first-order valence-corrected chi connectivity index (χ1v) is 9.20. The van der Waals surface area contributed by atoms with Gasteiger partial charge in [-0.25, -0.2) is 14.8 Å². The minimum absolute atomic E-state index is 0.00297. The summed E-state index contributed by atoms with van der Waals surface area (Å²) in [6.45, 7) is 0. The van der Waals surface area contributed by atoms with E-state index in [2.05, 4.69) is 40.5 Å². The average Bonchev–Trinajstić information content (AvgIpc) is 3.45. The standard InChI is InChI=1S/C20H16N8O4/c1-31-20(30)14-9-7-12(8-10-14)11-22-24-19(29)15-16(13-5-3-2-4-6-13)28(27-23-15)18-17(21)25-32-26-18/h2-11H,1H3,(H2,21,25)(H,24,29)/b22-11+. The third kappa shape index (κ3) is 4.05. The molecule has 160 valence electrons. The Bertz CT molecular complexity index is 1280. The van der Waals surface area contributed by atoms with Crippen LogP contribution in [0.2, 0.25) is 0 Å². The zero-order chi connectivity index (χ0) is 22.5. The zero-order valence-electron chi connectivity index (χ0n) is 16.7. The summed E-state index contributed by atoms with van der Waals surface area (Å²) < 4.78 is 10.6. The molecule has 4 rings (SSSR count). The van der Waals surface area contributed by atoms with Crippen molar-refractivity contribution in [2.45, 2.75) is 0 Å². The van der Waals surface area contributed by atoms with Crippen LogP contribution in [0.25, 0.3) is 17.1 Å². The molecule has 12 heteroatoms. The number of hydrogen-bond donors (Lipinski definition) is 2. The number of methoxy groups -OCH3 is 1. The van der Waals surface area contributed by atoms with Gasteiger partial charge in [-0.2, -0.15) is 9.78 Å². The maximum Gasteiger partial charge on any atom is 0.337 e. The predicted molar refractivity (Wildman–Crippen MR) is 112 cm³/mol. The molecular weight excluding hydrogens is 416 g/mol. The van der Waals surface area contributed by atoms with E-state index in [1.54, 1.807) is 48.5 Å². The lowest BCUT2D eigenvalue weighted by molar-refractivity contribution is 0.0600. The van der Waals surface area contributed by atoms with Gasteiger partial charge in [0.1, 0.15) is 5.69 Å². The van der Waals surface area contributed by atoms with Gasteiger partial charge in [0.25, 0.3) is 5.91 Å². The fraction of sp³-hybridized carbons (Fsp3) is 0.0500. The van der Waals surface area contributed by atoms with Crippen molar-refractivity contribution in [1.29, 1.82) is 0 Å². The highest BCUT2D eigenvalue weighted by Gasteiger charge is 2.24. The smallest absolute Gasteiger partial charge is 0.337 e. The largest absolute Gasteiger partial charge is 0.465 e. The fourth-order valence-electron chi connectivity index (χ4n) is 2.82. The Balaban J connectivity index is 1.59. The molecule has 0 fully saturated rings. The van der Waals surface area contributed by atoms with Gasteiger partial charge in [-0.3, -0.25) is 4.79 Å². The van der Waals surface area contributed by atoms with Crippen molar-refractivity contribution < 1.29 is 19.0 Å². The molecule has 0 spiro atoms. The molecule has 0 aliphatic rings. The molecule has 2 aromatic heterocycles. The van der Waals surface area contributed by atoms with Crippen LogP contribution in [0.5, 0.6) is 0 Å². The molecule has 3 N–H and O–H groups in total. The molecule has 2 aromatic carbocycles. The number of rotatable bonds is 6. The van der Waals surface area contributed by atoms with E-state index in [1.165, 1.54) is 18.0 Å². The third-order valence-electron chi connectivity index (χ3n) is 4.34. The van der Waals surface area contributed by atoms with Crippen molar-refractivity contribution in [3.63, 3.8) is 0 Å². The second kappa shape index (κ2) is 8.87. The van der Waals surface area contributed by atoms with Crippen LogP contribution in [0, 0.1) is 0 Å². The third-order valence-corrected chi connectivity index (χ3v) is 4.34. The van der Waals surface area contributed by atoms with Gasteiger partial charge < -0.3 is 10.5 Å². The number of hydrogen-bond acceptors (Lipinski definition) is 10. The second-order valence-corrected chi connectivity index (χ2v) is 6.35. The number of nitrogens with two attached hydrogens (primary N) is 1. The van der Waals surface area contributed by atoms with Crippen molar-refractivity contribution in [3.8, 4) is 17.1 Å². The normalized spacial score (nSPS) is 10.9. The Hall–Kier alpha value is -4.87. The topological polar surface area (TPSA) is 163 Å². The second-order valence-electron chi connectivity index (χ2n) is 6.35. The number of esters is 1. The maximum atomic E-state index is 12.8. The molecule has 0 aliphatic heterocycles. The Morgan fingerprint density at radius 2 is 1.88 bits per heavy atom. The van der Waals surface area contributed by atoms with Crippen molar-refractivity contribution in [2.75, 3.05) is 12.8 Å². The molecule has 4 aromatic rings. The molecule has 0 radical (unpaired) electrons. The van der Waals surface area contributed by atoms with Crippen LogP contribution in [0.1, 0.15) is 26.4 Å². The first-order chi connectivity index (χ1) is 15.6. The fourth-order valence-corrected chi connectivity index (χ4v) is 2.82. The number of amides is 1. The van der Waals surface area contributed by atoms with E-state index in [4.69, 9.17) is 5.73 Å². The number of aromatic nitrogens is 5. The van der Waals surface area contributed by atoms with Crippen LogP contribution in [-0.4, -0.2) is 50.5 Å². The molecule has 0 aliphatic carbocycles. The van der Waals surface area contributed by atoms with Crippen LogP contribution < -0.4 is 11.2 Å². The molecular formula is C20H16N8O4. The van der Waals surface area contributed by atoms with Gasteiger partial charge in [0.05, 0.1) is 18.9 Å². The molecule has 12 nitrogen and oxygen atoms in total. The van der Waals surface area contributed by atoms with E-state index in [9.17, 15) is 9.59 Å². The zero-order valence-corrected chi connectivity index (χ0v) is 16.7. The predicted octanol–water partition coefficient (Wildman–Crippen LogP) is 1.45. The molecule has 1 amide bonds. The maximum absolute atomic E-state index is 12.8. The number of benzene rings is 2. The summed E-state index contributed by atoms with van der Waals surface area (Å²) in [6.07, 6.45) is 1.42. The number of carbonyl (C=O) groups excluding carboxylic acids is 2. The van der Waals surface area contributed by atoms with Crippen molar-refractivity contribution in [2.24, 2.45) is 5.10 Å². The van der Waals surface area contributed by atoms with E-state index in [0.29, 0.717) is 22.4 Å². The summed E-state index contributed by atoms with van der Waals surface area (Å²) in [5.41, 5.74) is 10.2. The van der Waals surface area contributed by atoms with Crippen LogP contribution in [0.4, 0.5) is 5.82 Å². The number of nitrogens with one attached hydrogen (secondary N) is 1. The number of hydrazone groups is 1. The first-order valence-electron chi connectivity index (χ1n) is 9.20. The Kier molecular flexibility index (Phi) is 5.66. The number of nitrogens with zero attached hydrogens (tertiary/aromatic N) is 6. The first kappa shape index (κ1) is 20.4. The van der Waals surface area contributed by atoms with E-state index in [1.807, 2.05) is 6.07 Å². The molecule has 32 heavy (non-hydrogen) atoms. The van der Waals surface area contributed by atoms with Gasteiger partial charge in [0.15, 0.2) is 5.69 Å². The number of anilines is 1. The van der Waals surface area contributed by atoms with Gasteiger partial charge in [0.2, 0.25) is 11.6 Å². The van der Waals surface area contributed by atoms with E-state index >= 15 is 0 Å². The summed E-state index contributed by atoms with van der Waals surface area (Å²) >= 11 is 0. The summed E-state index contributed by atoms with van der Waals surface area (Å²) in [4.78, 5) is 24.3. The Morgan fingerprint density at radius 1 is 1.12 bits per heavy atom. The van der Waals surface area contributed by atoms with Crippen LogP contribution >= 0.6 is 0 Å². The van der Waals surface area contributed by atoms with Crippen molar-refractivity contribution >= 4 is 23.9 Å². The highest BCUT2D eigenvalue weighted by Crippen LogP contribution is 2.26. The lowest BCUT2D eigenvalue weighted by Gasteiger charge is -2.05. The minimum atomic E-state index is -0.604. The van der Waals surface area contributed by atoms with Crippen LogP contribution in [-0.2, 0) is 4.74 Å². The van der Waals surface area contributed by atoms with Gasteiger partial charge in [0, 0.05) is 5.56 Å². The molecule has 0 atom stereocenters.